The lowest BCUT2D eigenvalue weighted by Gasteiger charge is -2.08. The first-order valence-corrected chi connectivity index (χ1v) is 6.71. The fourth-order valence-electron chi connectivity index (χ4n) is 1.92. The highest BCUT2D eigenvalue weighted by molar-refractivity contribution is 5.95. The van der Waals surface area contributed by atoms with Gasteiger partial charge in [-0.1, -0.05) is 0 Å². The maximum Gasteiger partial charge on any atom is 0.337 e. The molecule has 0 aliphatic rings. The van der Waals surface area contributed by atoms with Gasteiger partial charge >= 0.3 is 5.97 Å². The first-order valence-electron chi connectivity index (χ1n) is 6.71. The molecule has 7 nitrogen and oxygen atoms in total. The molecule has 0 atom stereocenters. The van der Waals surface area contributed by atoms with Gasteiger partial charge in [-0.3, -0.25) is 14.4 Å². The Kier molecular flexibility index (Phi) is 4.70. The van der Waals surface area contributed by atoms with Gasteiger partial charge in [-0.2, -0.15) is 0 Å². The van der Waals surface area contributed by atoms with Gasteiger partial charge in [-0.05, 0) is 37.3 Å². The lowest BCUT2D eigenvalue weighted by atomic mass is 10.1. The van der Waals surface area contributed by atoms with Crippen LogP contribution in [0.1, 0.15) is 27.6 Å². The van der Waals surface area contributed by atoms with Crippen molar-refractivity contribution in [1.29, 1.82) is 0 Å². The molecule has 2 rings (SSSR count). The van der Waals surface area contributed by atoms with E-state index in [4.69, 9.17) is 5.11 Å². The number of pyridine rings is 1. The summed E-state index contributed by atoms with van der Waals surface area (Å²) in [6, 6.07) is 8.58. The predicted octanol–water partition coefficient (Wildman–Crippen LogP) is 1.39. The van der Waals surface area contributed by atoms with Crippen LogP contribution in [0.4, 0.5) is 5.69 Å². The molecule has 0 aliphatic carbocycles. The van der Waals surface area contributed by atoms with Crippen LogP contribution in [-0.2, 0) is 11.3 Å². The van der Waals surface area contributed by atoms with Crippen molar-refractivity contribution >= 4 is 23.3 Å². The number of anilines is 1. The molecule has 0 bridgehead atoms. The lowest BCUT2D eigenvalue weighted by Crippen LogP contribution is -2.27. The zero-order valence-electron chi connectivity index (χ0n) is 12.3. The molecular weight excluding hydrogens is 300 g/mol. The quantitative estimate of drug-likeness (QED) is 0.811. The Morgan fingerprint density at radius 2 is 1.65 bits per heavy atom. The molecule has 1 amide bonds. The largest absolute Gasteiger partial charge is 0.478 e. The zero-order chi connectivity index (χ0) is 17.0. The van der Waals surface area contributed by atoms with Crippen LogP contribution in [-0.4, -0.2) is 27.3 Å². The molecule has 0 spiro atoms. The summed E-state index contributed by atoms with van der Waals surface area (Å²) in [5, 5.41) is 11.5. The van der Waals surface area contributed by atoms with E-state index in [1.807, 2.05) is 0 Å². The summed E-state index contributed by atoms with van der Waals surface area (Å²) in [6.45, 7) is 1.13. The van der Waals surface area contributed by atoms with Crippen molar-refractivity contribution < 1.29 is 19.5 Å². The number of carbonyl (C=O) groups excluding carboxylic acids is 2. The van der Waals surface area contributed by atoms with E-state index in [2.05, 4.69) is 5.32 Å². The number of Topliss-reactive ketones (excluding diaryl/α,β-unsaturated/α-hetero) is 1. The average molecular weight is 314 g/mol. The van der Waals surface area contributed by atoms with Gasteiger partial charge in [0.25, 0.3) is 5.56 Å². The van der Waals surface area contributed by atoms with Crippen LogP contribution >= 0.6 is 0 Å². The molecule has 2 N–H and O–H groups in total. The minimum atomic E-state index is -1.18. The number of carboxylic acid groups (broad SMARTS) is 1. The third-order valence-corrected chi connectivity index (χ3v) is 3.12. The third kappa shape index (κ3) is 4.13. The van der Waals surface area contributed by atoms with E-state index in [0.29, 0.717) is 11.3 Å². The maximum absolute atomic E-state index is 11.9. The molecule has 118 valence electrons. The van der Waals surface area contributed by atoms with Crippen LogP contribution < -0.4 is 10.9 Å². The fourth-order valence-corrected chi connectivity index (χ4v) is 1.92. The Bertz CT molecular complexity index is 821. The molecular formula is C16H14N2O5. The van der Waals surface area contributed by atoms with E-state index in [0.717, 1.165) is 16.8 Å². The molecule has 0 saturated heterocycles. The van der Waals surface area contributed by atoms with E-state index in [-0.39, 0.29) is 17.9 Å². The molecule has 0 saturated carbocycles. The topological polar surface area (TPSA) is 105 Å². The normalized spacial score (nSPS) is 10.1. The van der Waals surface area contributed by atoms with Crippen LogP contribution in [0.5, 0.6) is 0 Å². The first-order chi connectivity index (χ1) is 10.9. The molecule has 0 unspecified atom stereocenters. The molecule has 1 aromatic heterocycles. The Hall–Kier alpha value is -3.22. The van der Waals surface area contributed by atoms with Gasteiger partial charge in [0.1, 0.15) is 6.54 Å². The average Bonchev–Trinajstić information content (AvgIpc) is 2.49. The van der Waals surface area contributed by atoms with Crippen LogP contribution in [0.25, 0.3) is 0 Å². The molecule has 0 aliphatic heterocycles. The monoisotopic (exact) mass is 314 g/mol. The van der Waals surface area contributed by atoms with Crippen molar-refractivity contribution in [1.82, 2.24) is 4.57 Å². The summed E-state index contributed by atoms with van der Waals surface area (Å²) < 4.78 is 1.02. The van der Waals surface area contributed by atoms with Gasteiger partial charge in [0.05, 0.1) is 5.56 Å². The Morgan fingerprint density at radius 3 is 2.22 bits per heavy atom. The van der Waals surface area contributed by atoms with Crippen molar-refractivity contribution in [2.24, 2.45) is 0 Å². The SMILES string of the molecule is CC(=O)c1ccc(NC(=O)Cn2cc(C(=O)O)ccc2=O)cc1. The van der Waals surface area contributed by atoms with Gasteiger partial charge in [0.15, 0.2) is 5.78 Å². The van der Waals surface area contributed by atoms with Crippen LogP contribution in [0.15, 0.2) is 47.4 Å². The van der Waals surface area contributed by atoms with Gasteiger partial charge in [0, 0.05) is 23.5 Å². The summed E-state index contributed by atoms with van der Waals surface area (Å²) in [4.78, 5) is 45.7. The number of hydrogen-bond donors (Lipinski definition) is 2. The highest BCUT2D eigenvalue weighted by atomic mass is 16.4. The summed E-state index contributed by atoms with van der Waals surface area (Å²) in [7, 11) is 0. The standard InChI is InChI=1S/C16H14N2O5/c1-10(19)11-2-5-13(6-3-11)17-14(20)9-18-8-12(16(22)23)4-7-15(18)21/h2-8H,9H2,1H3,(H,17,20)(H,22,23). The zero-order valence-corrected chi connectivity index (χ0v) is 12.3. The molecule has 23 heavy (non-hydrogen) atoms. The number of carboxylic acids is 1. The third-order valence-electron chi connectivity index (χ3n) is 3.12. The first kappa shape index (κ1) is 16.2. The number of hydrogen-bond acceptors (Lipinski definition) is 4. The number of rotatable bonds is 5. The number of carbonyl (C=O) groups is 3. The number of aromatic nitrogens is 1. The van der Waals surface area contributed by atoms with Gasteiger partial charge in [-0.25, -0.2) is 4.79 Å². The Balaban J connectivity index is 2.10. The second-order valence-corrected chi connectivity index (χ2v) is 4.87. The summed E-state index contributed by atoms with van der Waals surface area (Å²) in [5.41, 5.74) is 0.441. The fraction of sp³-hybridized carbons (Fsp3) is 0.125. The summed E-state index contributed by atoms with van der Waals surface area (Å²) >= 11 is 0. The number of ketones is 1. The highest BCUT2D eigenvalue weighted by Crippen LogP contribution is 2.10. The Labute approximate surface area is 131 Å². The molecule has 1 heterocycles. The Morgan fingerprint density at radius 1 is 1.04 bits per heavy atom. The second-order valence-electron chi connectivity index (χ2n) is 4.87. The van der Waals surface area contributed by atoms with E-state index >= 15 is 0 Å². The highest BCUT2D eigenvalue weighted by Gasteiger charge is 2.09. The van der Waals surface area contributed by atoms with Gasteiger partial charge in [0.2, 0.25) is 5.91 Å². The van der Waals surface area contributed by atoms with E-state index < -0.39 is 17.4 Å². The maximum atomic E-state index is 11.9. The van der Waals surface area contributed by atoms with Crippen LogP contribution in [0.2, 0.25) is 0 Å². The van der Waals surface area contributed by atoms with E-state index in [9.17, 15) is 19.2 Å². The van der Waals surface area contributed by atoms with E-state index in [1.165, 1.54) is 13.0 Å². The van der Waals surface area contributed by atoms with Crippen molar-refractivity contribution in [2.45, 2.75) is 13.5 Å². The lowest BCUT2D eigenvalue weighted by molar-refractivity contribution is -0.116. The van der Waals surface area contributed by atoms with Crippen molar-refractivity contribution in [3.8, 4) is 0 Å². The number of aromatic carboxylic acids is 1. The van der Waals surface area contributed by atoms with Crippen LogP contribution in [0.3, 0.4) is 0 Å². The minimum absolute atomic E-state index is 0.0804. The molecule has 0 radical (unpaired) electrons. The number of nitrogens with zero attached hydrogens (tertiary/aromatic N) is 1. The summed E-state index contributed by atoms with van der Waals surface area (Å²) in [6.07, 6.45) is 1.11. The van der Waals surface area contributed by atoms with E-state index in [1.54, 1.807) is 24.3 Å². The second kappa shape index (κ2) is 6.69. The van der Waals surface area contributed by atoms with Crippen molar-refractivity contribution in [2.75, 3.05) is 5.32 Å². The van der Waals surface area contributed by atoms with Crippen molar-refractivity contribution in [3.05, 3.63) is 64.1 Å². The number of nitrogens with one attached hydrogen (secondary N) is 1. The molecule has 7 heteroatoms. The molecule has 2 aromatic rings. The van der Waals surface area contributed by atoms with Crippen LogP contribution in [0, 0.1) is 0 Å². The molecule has 0 fully saturated rings. The smallest absolute Gasteiger partial charge is 0.337 e. The number of benzene rings is 1. The predicted molar refractivity (Wildman–Crippen MR) is 82.7 cm³/mol. The molecule has 1 aromatic carbocycles. The van der Waals surface area contributed by atoms with Gasteiger partial charge < -0.3 is 15.0 Å². The van der Waals surface area contributed by atoms with Crippen molar-refractivity contribution in [3.63, 3.8) is 0 Å². The minimum Gasteiger partial charge on any atom is -0.478 e. The summed E-state index contributed by atoms with van der Waals surface area (Å²) in [5.74, 6) is -1.75. The van der Waals surface area contributed by atoms with Gasteiger partial charge in [-0.15, -0.1) is 0 Å². The number of amides is 1.